The Morgan fingerprint density at radius 1 is 0.694 bits per heavy atom. The Bertz CT molecular complexity index is 1110. The predicted molar refractivity (Wildman–Crippen MR) is 148 cm³/mol. The van der Waals surface area contributed by atoms with Gasteiger partial charge < -0.3 is 19.3 Å². The van der Waals surface area contributed by atoms with Crippen molar-refractivity contribution in [2.45, 2.75) is 26.9 Å². The molecule has 0 aliphatic rings. The van der Waals surface area contributed by atoms with E-state index in [4.69, 9.17) is 19.3 Å². The summed E-state index contributed by atoms with van der Waals surface area (Å²) in [7, 11) is 1.00. The number of aliphatic hydroxyl groups is 1. The Kier molecular flexibility index (Phi) is 12.9. The Hall–Kier alpha value is -4.09. The molecule has 1 atom stereocenters. The number of hydrogen-bond acceptors (Lipinski definition) is 5. The monoisotopic (exact) mass is 485 g/mol. The average molecular weight is 486 g/mol. The van der Waals surface area contributed by atoms with E-state index >= 15 is 0 Å². The van der Waals surface area contributed by atoms with Crippen LogP contribution in [0.4, 0.5) is 0 Å². The van der Waals surface area contributed by atoms with Crippen LogP contribution < -0.4 is 14.2 Å². The van der Waals surface area contributed by atoms with Crippen LogP contribution in [-0.4, -0.2) is 29.9 Å². The van der Waals surface area contributed by atoms with Crippen molar-refractivity contribution in [2.75, 3.05) is 13.7 Å². The van der Waals surface area contributed by atoms with Crippen molar-refractivity contribution in [3.63, 3.8) is 0 Å². The first kappa shape index (κ1) is 28.1. The highest BCUT2D eigenvalue weighted by atomic mass is 16.5. The average Bonchev–Trinajstić information content (AvgIpc) is 2.96. The molecular weight excluding hydrogens is 450 g/mol. The molecule has 1 unspecified atom stereocenters. The molecule has 1 heterocycles. The van der Waals surface area contributed by atoms with Gasteiger partial charge in [-0.2, -0.15) is 0 Å². The van der Waals surface area contributed by atoms with Crippen LogP contribution in [0, 0.1) is 0 Å². The van der Waals surface area contributed by atoms with Crippen molar-refractivity contribution >= 4 is 12.2 Å². The highest BCUT2D eigenvalue weighted by Gasteiger charge is 2.06. The largest absolute Gasteiger partial charge is 0.490 e. The van der Waals surface area contributed by atoms with Crippen LogP contribution in [0.5, 0.6) is 23.1 Å². The molecule has 36 heavy (non-hydrogen) atoms. The summed E-state index contributed by atoms with van der Waals surface area (Å²) >= 11 is 0. The third kappa shape index (κ3) is 10.0. The van der Waals surface area contributed by atoms with Gasteiger partial charge in [0.2, 0.25) is 5.88 Å². The van der Waals surface area contributed by atoms with Crippen LogP contribution in [0.15, 0.2) is 103 Å². The van der Waals surface area contributed by atoms with Crippen molar-refractivity contribution in [1.29, 1.82) is 0 Å². The normalized spacial score (nSPS) is 10.8. The number of aromatic nitrogens is 1. The van der Waals surface area contributed by atoms with E-state index in [0.717, 1.165) is 29.9 Å². The van der Waals surface area contributed by atoms with Gasteiger partial charge in [0.25, 0.3) is 0 Å². The number of nitrogens with zero attached hydrogens (tertiary/aromatic N) is 1. The molecule has 0 radical (unpaired) electrons. The smallest absolute Gasteiger partial charge is 0.213 e. The summed E-state index contributed by atoms with van der Waals surface area (Å²) in [4.78, 5) is 4.16. The molecule has 1 aromatic heterocycles. The van der Waals surface area contributed by atoms with Crippen LogP contribution in [0.3, 0.4) is 0 Å². The maximum Gasteiger partial charge on any atom is 0.213 e. The van der Waals surface area contributed by atoms with Crippen LogP contribution in [0.25, 0.3) is 12.2 Å². The van der Waals surface area contributed by atoms with Crippen molar-refractivity contribution in [3.8, 4) is 23.1 Å². The van der Waals surface area contributed by atoms with Gasteiger partial charge in [-0.15, -0.1) is 0 Å². The molecule has 0 aliphatic heterocycles. The standard InChI is InChI=1S/C28H25NO3.C2H6.CH4O/c1-22(31-28-9-5-6-20-29-28)21-30-25-16-18-27(19-17-25)32-26-14-12-24(13-15-26)11-10-23-7-3-2-4-8-23;2*1-2/h2-20,22H,21H2,1H3;1-2H3;2H,1H3/b11-10+;;. The minimum atomic E-state index is -0.115. The fourth-order valence-electron chi connectivity index (χ4n) is 3.01. The molecule has 0 fully saturated rings. The topological polar surface area (TPSA) is 60.8 Å². The second-order valence-corrected chi connectivity index (χ2v) is 7.29. The third-order valence-corrected chi connectivity index (χ3v) is 4.65. The maximum absolute atomic E-state index is 7.00. The van der Waals surface area contributed by atoms with Gasteiger partial charge in [-0.05, 0) is 60.5 Å². The predicted octanol–water partition coefficient (Wildman–Crippen LogP) is 7.53. The van der Waals surface area contributed by atoms with Gasteiger partial charge in [-0.1, -0.05) is 74.5 Å². The van der Waals surface area contributed by atoms with Crippen LogP contribution >= 0.6 is 0 Å². The van der Waals surface area contributed by atoms with E-state index in [1.54, 1.807) is 6.20 Å². The number of ether oxygens (including phenoxy) is 3. The summed E-state index contributed by atoms with van der Waals surface area (Å²) in [6.45, 7) is 6.37. The molecular formula is C31H35NO4. The summed E-state index contributed by atoms with van der Waals surface area (Å²) < 4.78 is 17.5. The van der Waals surface area contributed by atoms with Gasteiger partial charge in [-0.3, -0.25) is 0 Å². The number of hydrogen-bond donors (Lipinski definition) is 1. The number of aliphatic hydroxyl groups excluding tert-OH is 1. The van der Waals surface area contributed by atoms with E-state index < -0.39 is 0 Å². The van der Waals surface area contributed by atoms with E-state index in [2.05, 4.69) is 29.3 Å². The van der Waals surface area contributed by atoms with Crippen LogP contribution in [-0.2, 0) is 0 Å². The summed E-state index contributed by atoms with van der Waals surface area (Å²) in [5, 5.41) is 7.00. The lowest BCUT2D eigenvalue weighted by Crippen LogP contribution is -2.21. The van der Waals surface area contributed by atoms with Crippen molar-refractivity contribution < 1.29 is 19.3 Å². The maximum atomic E-state index is 7.00. The highest BCUT2D eigenvalue weighted by molar-refractivity contribution is 5.69. The fraction of sp³-hybridized carbons (Fsp3) is 0.194. The number of rotatable bonds is 9. The first-order chi connectivity index (χ1) is 17.7. The summed E-state index contributed by atoms with van der Waals surface area (Å²) in [5.41, 5.74) is 2.29. The van der Waals surface area contributed by atoms with E-state index in [9.17, 15) is 0 Å². The molecule has 4 rings (SSSR count). The van der Waals surface area contributed by atoms with E-state index in [1.807, 2.05) is 106 Å². The first-order valence-corrected chi connectivity index (χ1v) is 12.0. The highest BCUT2D eigenvalue weighted by Crippen LogP contribution is 2.25. The minimum absolute atomic E-state index is 0.115. The molecule has 4 aromatic rings. The third-order valence-electron chi connectivity index (χ3n) is 4.65. The lowest BCUT2D eigenvalue weighted by atomic mass is 10.1. The molecule has 5 nitrogen and oxygen atoms in total. The summed E-state index contributed by atoms with van der Waals surface area (Å²) in [5.74, 6) is 2.89. The Labute approximate surface area is 214 Å². The quantitative estimate of drug-likeness (QED) is 0.248. The van der Waals surface area contributed by atoms with Crippen molar-refractivity contribution in [2.24, 2.45) is 0 Å². The van der Waals surface area contributed by atoms with Crippen LogP contribution in [0.1, 0.15) is 31.9 Å². The van der Waals surface area contributed by atoms with Gasteiger partial charge in [0.1, 0.15) is 30.0 Å². The molecule has 5 heteroatoms. The SMILES string of the molecule is CC.CC(COc1ccc(Oc2ccc(/C=C/c3ccccc3)cc2)cc1)Oc1ccccn1.CO. The van der Waals surface area contributed by atoms with E-state index in [0.29, 0.717) is 12.5 Å². The zero-order valence-corrected chi connectivity index (χ0v) is 21.4. The lowest BCUT2D eigenvalue weighted by Gasteiger charge is -2.15. The fourth-order valence-corrected chi connectivity index (χ4v) is 3.01. The molecule has 0 saturated carbocycles. The van der Waals surface area contributed by atoms with Crippen LogP contribution in [0.2, 0.25) is 0 Å². The number of pyridine rings is 1. The molecule has 188 valence electrons. The first-order valence-electron chi connectivity index (χ1n) is 12.0. The van der Waals surface area contributed by atoms with E-state index in [-0.39, 0.29) is 6.10 Å². The molecule has 0 saturated heterocycles. The van der Waals surface area contributed by atoms with Gasteiger partial charge in [0.05, 0.1) is 0 Å². The summed E-state index contributed by atoms with van der Waals surface area (Å²) in [6.07, 6.45) is 5.77. The van der Waals surface area contributed by atoms with Gasteiger partial charge in [0.15, 0.2) is 0 Å². The summed E-state index contributed by atoms with van der Waals surface area (Å²) in [6, 6.07) is 31.4. The second kappa shape index (κ2) is 16.5. The van der Waals surface area contributed by atoms with Gasteiger partial charge in [-0.25, -0.2) is 4.98 Å². The molecule has 0 amide bonds. The number of benzene rings is 3. The molecule has 0 aliphatic carbocycles. The molecule has 0 spiro atoms. The van der Waals surface area contributed by atoms with Gasteiger partial charge >= 0.3 is 0 Å². The Morgan fingerprint density at radius 3 is 1.81 bits per heavy atom. The Balaban J connectivity index is 0.00000109. The second-order valence-electron chi connectivity index (χ2n) is 7.29. The zero-order valence-electron chi connectivity index (χ0n) is 21.4. The lowest BCUT2D eigenvalue weighted by molar-refractivity contribution is 0.138. The van der Waals surface area contributed by atoms with Crippen molar-refractivity contribution in [1.82, 2.24) is 4.98 Å². The minimum Gasteiger partial charge on any atom is -0.490 e. The molecule has 1 N–H and O–H groups in total. The Morgan fingerprint density at radius 2 is 1.22 bits per heavy atom. The van der Waals surface area contributed by atoms with Crippen molar-refractivity contribution in [3.05, 3.63) is 114 Å². The van der Waals surface area contributed by atoms with Gasteiger partial charge in [0, 0.05) is 19.4 Å². The zero-order chi connectivity index (χ0) is 26.0. The van der Waals surface area contributed by atoms with E-state index in [1.165, 1.54) is 5.56 Å². The molecule has 0 bridgehead atoms. The molecule has 3 aromatic carbocycles.